The molecule has 1 fully saturated rings. The van der Waals surface area contributed by atoms with Crippen LogP contribution < -0.4 is 4.90 Å². The van der Waals surface area contributed by atoms with Gasteiger partial charge in [-0.25, -0.2) is 9.37 Å². The van der Waals surface area contributed by atoms with Gasteiger partial charge in [-0.3, -0.25) is 9.59 Å². The van der Waals surface area contributed by atoms with Gasteiger partial charge in [0.1, 0.15) is 5.82 Å². The standard InChI is InChI=1S/C32H31ClFN3O2/c1-21(38)8-9-22-14-27(34)18-28(15-22)37(32(39)23-6-4-3-5-7-23)19-26-11-10-24(16-29(26)33)25-12-13-31-30(17-25)35-20-36(31)2/h8-18,20,23H,3-7,19H2,1-2H3/b9-8+. The van der Waals surface area contributed by atoms with Crippen molar-refractivity contribution < 1.29 is 14.0 Å². The Morgan fingerprint density at radius 1 is 1.05 bits per heavy atom. The Labute approximate surface area is 232 Å². The van der Waals surface area contributed by atoms with E-state index in [1.165, 1.54) is 25.1 Å². The molecule has 1 aromatic heterocycles. The lowest BCUT2D eigenvalue weighted by Gasteiger charge is -2.30. The Morgan fingerprint density at radius 2 is 1.79 bits per heavy atom. The van der Waals surface area contributed by atoms with Crippen LogP contribution >= 0.6 is 11.6 Å². The van der Waals surface area contributed by atoms with Crippen molar-refractivity contribution in [3.8, 4) is 11.1 Å². The first-order chi connectivity index (χ1) is 18.8. The number of nitrogens with zero attached hydrogens (tertiary/aromatic N) is 3. The Balaban J connectivity index is 1.48. The number of carbonyl (C=O) groups is 2. The van der Waals surface area contributed by atoms with Crippen LogP contribution in [0.1, 0.15) is 50.2 Å². The van der Waals surface area contributed by atoms with Gasteiger partial charge in [-0.05, 0) is 84.5 Å². The largest absolute Gasteiger partial charge is 0.334 e. The van der Waals surface area contributed by atoms with E-state index >= 15 is 0 Å². The van der Waals surface area contributed by atoms with Crippen LogP contribution in [0.3, 0.4) is 0 Å². The molecule has 39 heavy (non-hydrogen) atoms. The van der Waals surface area contributed by atoms with Crippen LogP contribution in [0.4, 0.5) is 10.1 Å². The molecule has 4 aromatic rings. The van der Waals surface area contributed by atoms with Gasteiger partial charge in [-0.2, -0.15) is 0 Å². The number of aryl methyl sites for hydroxylation is 1. The van der Waals surface area contributed by atoms with Crippen molar-refractivity contribution in [3.05, 3.63) is 89.0 Å². The SMILES string of the molecule is CC(=O)/C=C/c1cc(F)cc(N(Cc2ccc(-c3ccc4c(c3)ncn4C)cc2Cl)C(=O)C2CCCCC2)c1. The van der Waals surface area contributed by atoms with Crippen LogP contribution in [0.2, 0.25) is 5.02 Å². The molecule has 200 valence electrons. The lowest BCUT2D eigenvalue weighted by molar-refractivity contribution is -0.123. The molecule has 0 bridgehead atoms. The summed E-state index contributed by atoms with van der Waals surface area (Å²) in [4.78, 5) is 31.3. The van der Waals surface area contributed by atoms with Gasteiger partial charge in [-0.15, -0.1) is 0 Å². The average Bonchev–Trinajstić information content (AvgIpc) is 3.31. The minimum Gasteiger partial charge on any atom is -0.334 e. The van der Waals surface area contributed by atoms with Crippen molar-refractivity contribution in [1.82, 2.24) is 9.55 Å². The Morgan fingerprint density at radius 3 is 2.54 bits per heavy atom. The fourth-order valence-electron chi connectivity index (χ4n) is 5.27. The first-order valence-electron chi connectivity index (χ1n) is 13.3. The zero-order valence-electron chi connectivity index (χ0n) is 22.2. The van der Waals surface area contributed by atoms with Crippen molar-refractivity contribution >= 4 is 46.1 Å². The number of rotatable bonds is 7. The number of fused-ring (bicyclic) bond motifs is 1. The van der Waals surface area contributed by atoms with E-state index in [2.05, 4.69) is 4.98 Å². The monoisotopic (exact) mass is 543 g/mol. The van der Waals surface area contributed by atoms with Crippen molar-refractivity contribution in [2.24, 2.45) is 13.0 Å². The van der Waals surface area contributed by atoms with Gasteiger partial charge >= 0.3 is 0 Å². The van der Waals surface area contributed by atoms with Crippen LogP contribution in [0, 0.1) is 11.7 Å². The predicted octanol–water partition coefficient (Wildman–Crippen LogP) is 7.75. The molecule has 3 aromatic carbocycles. The van der Waals surface area contributed by atoms with Gasteiger partial charge in [0, 0.05) is 23.7 Å². The number of amides is 1. The fraction of sp³-hybridized carbons (Fsp3) is 0.281. The molecule has 7 heteroatoms. The Kier molecular flexibility index (Phi) is 7.94. The van der Waals surface area contributed by atoms with Gasteiger partial charge in [0.15, 0.2) is 5.78 Å². The maximum Gasteiger partial charge on any atom is 0.230 e. The van der Waals surface area contributed by atoms with Crippen molar-refractivity contribution in [2.75, 3.05) is 4.90 Å². The summed E-state index contributed by atoms with van der Waals surface area (Å²) in [6, 6.07) is 16.4. The Hall–Kier alpha value is -3.77. The topological polar surface area (TPSA) is 55.2 Å². The quantitative estimate of drug-likeness (QED) is 0.224. The maximum absolute atomic E-state index is 14.7. The third-order valence-electron chi connectivity index (χ3n) is 7.39. The summed E-state index contributed by atoms with van der Waals surface area (Å²) in [6.07, 6.45) is 9.54. The molecule has 0 N–H and O–H groups in total. The number of ketones is 1. The average molecular weight is 544 g/mol. The van der Waals surface area contributed by atoms with E-state index < -0.39 is 5.82 Å². The van der Waals surface area contributed by atoms with Gasteiger partial charge in [0.2, 0.25) is 5.91 Å². The van der Waals surface area contributed by atoms with Crippen molar-refractivity contribution in [3.63, 3.8) is 0 Å². The molecule has 0 unspecified atom stereocenters. The zero-order chi connectivity index (χ0) is 27.5. The van der Waals surface area contributed by atoms with Crippen molar-refractivity contribution in [1.29, 1.82) is 0 Å². The molecule has 0 atom stereocenters. The number of benzene rings is 3. The fourth-order valence-corrected chi connectivity index (χ4v) is 5.51. The molecule has 1 aliphatic rings. The number of carbonyl (C=O) groups excluding carboxylic acids is 2. The Bertz CT molecular complexity index is 1570. The highest BCUT2D eigenvalue weighted by molar-refractivity contribution is 6.31. The highest BCUT2D eigenvalue weighted by Crippen LogP contribution is 2.33. The molecule has 1 aliphatic carbocycles. The molecular formula is C32H31ClFN3O2. The maximum atomic E-state index is 14.7. The second-order valence-corrected chi connectivity index (χ2v) is 10.7. The third-order valence-corrected chi connectivity index (χ3v) is 7.74. The van der Waals surface area contributed by atoms with Crippen LogP contribution in [-0.2, 0) is 23.2 Å². The van der Waals surface area contributed by atoms with E-state index in [9.17, 15) is 14.0 Å². The number of hydrogen-bond donors (Lipinski definition) is 0. The van der Waals surface area contributed by atoms with E-state index in [1.807, 2.05) is 48.0 Å². The van der Waals surface area contributed by atoms with E-state index in [0.717, 1.165) is 59.8 Å². The number of hydrogen-bond acceptors (Lipinski definition) is 3. The third kappa shape index (κ3) is 6.12. The summed E-state index contributed by atoms with van der Waals surface area (Å²) in [5.74, 6) is -0.738. The molecule has 5 nitrogen and oxygen atoms in total. The molecule has 5 rings (SSSR count). The van der Waals surface area contributed by atoms with Gasteiger partial charge in [-0.1, -0.05) is 55.1 Å². The molecule has 1 amide bonds. The predicted molar refractivity (Wildman–Crippen MR) is 155 cm³/mol. The smallest absolute Gasteiger partial charge is 0.230 e. The number of halogens is 2. The highest BCUT2D eigenvalue weighted by Gasteiger charge is 2.28. The lowest BCUT2D eigenvalue weighted by Crippen LogP contribution is -2.37. The molecule has 0 radical (unpaired) electrons. The number of allylic oxidation sites excluding steroid dienone is 1. The summed E-state index contributed by atoms with van der Waals surface area (Å²) < 4.78 is 16.7. The molecular weight excluding hydrogens is 513 g/mol. The first-order valence-corrected chi connectivity index (χ1v) is 13.7. The molecule has 0 aliphatic heterocycles. The van der Waals surface area contributed by atoms with E-state index in [4.69, 9.17) is 11.6 Å². The van der Waals surface area contributed by atoms with Gasteiger partial charge in [0.05, 0.1) is 23.9 Å². The summed E-state index contributed by atoms with van der Waals surface area (Å²) in [5, 5.41) is 0.531. The molecule has 1 heterocycles. The van der Waals surface area contributed by atoms with Crippen LogP contribution in [0.5, 0.6) is 0 Å². The number of aromatic nitrogens is 2. The van der Waals surface area contributed by atoms with Crippen LogP contribution in [-0.4, -0.2) is 21.2 Å². The second-order valence-electron chi connectivity index (χ2n) is 10.3. The number of anilines is 1. The minimum absolute atomic E-state index is 0.0254. The lowest BCUT2D eigenvalue weighted by atomic mass is 9.88. The van der Waals surface area contributed by atoms with Crippen LogP contribution in [0.15, 0.2) is 67.0 Å². The van der Waals surface area contributed by atoms with Gasteiger partial charge in [0.25, 0.3) is 0 Å². The van der Waals surface area contributed by atoms with Gasteiger partial charge < -0.3 is 9.47 Å². The minimum atomic E-state index is -0.469. The first kappa shape index (κ1) is 26.8. The summed E-state index contributed by atoms with van der Waals surface area (Å²) in [6.45, 7) is 1.66. The van der Waals surface area contributed by atoms with E-state index in [-0.39, 0.29) is 24.2 Å². The van der Waals surface area contributed by atoms with Crippen LogP contribution in [0.25, 0.3) is 28.2 Å². The second kappa shape index (κ2) is 11.5. The highest BCUT2D eigenvalue weighted by atomic mass is 35.5. The number of imidazole rings is 1. The van der Waals surface area contributed by atoms with E-state index in [0.29, 0.717) is 16.3 Å². The molecule has 0 saturated heterocycles. The van der Waals surface area contributed by atoms with E-state index in [1.54, 1.807) is 23.4 Å². The molecule has 1 saturated carbocycles. The normalized spacial score (nSPS) is 14.3. The summed E-state index contributed by atoms with van der Waals surface area (Å²) >= 11 is 6.79. The zero-order valence-corrected chi connectivity index (χ0v) is 22.9. The molecule has 0 spiro atoms. The summed E-state index contributed by atoms with van der Waals surface area (Å²) in [7, 11) is 1.96. The van der Waals surface area contributed by atoms with Crippen molar-refractivity contribution in [2.45, 2.75) is 45.6 Å². The summed E-state index contributed by atoms with van der Waals surface area (Å²) in [5.41, 5.74) is 5.64.